The van der Waals surface area contributed by atoms with Gasteiger partial charge in [-0.1, -0.05) is 45.7 Å². The predicted molar refractivity (Wildman–Crippen MR) is 176 cm³/mol. The number of nitrogens with zero attached hydrogens (tertiary/aromatic N) is 4. The van der Waals surface area contributed by atoms with Crippen LogP contribution in [0.25, 0.3) is 11.3 Å². The second-order valence-electron chi connectivity index (χ2n) is 13.8. The largest absolute Gasteiger partial charge is 0.384 e. The molecule has 1 fully saturated rings. The van der Waals surface area contributed by atoms with E-state index in [1.54, 1.807) is 22.9 Å². The molecule has 2 aromatic carbocycles. The number of imidazole rings is 1. The minimum Gasteiger partial charge on any atom is -0.384 e. The zero-order chi connectivity index (χ0) is 35.0. The Morgan fingerprint density at radius 3 is 2.50 bits per heavy atom. The molecule has 2 amide bonds. The minimum absolute atomic E-state index is 0.00279. The summed E-state index contributed by atoms with van der Waals surface area (Å²) in [5, 5.41) is 13.2. The first-order chi connectivity index (χ1) is 22.8. The third kappa shape index (κ3) is 9.65. The van der Waals surface area contributed by atoms with Crippen molar-refractivity contribution in [3.8, 4) is 11.3 Å². The number of nitrogens with one attached hydrogen (secondary N) is 1. The van der Waals surface area contributed by atoms with Crippen LogP contribution in [0.5, 0.6) is 0 Å². The second kappa shape index (κ2) is 16.6. The quantitative estimate of drug-likeness (QED) is 0.113. The van der Waals surface area contributed by atoms with E-state index in [0.717, 1.165) is 43.9 Å². The Labute approximate surface area is 280 Å². The summed E-state index contributed by atoms with van der Waals surface area (Å²) in [7, 11) is 0. The van der Waals surface area contributed by atoms with Gasteiger partial charge in [0.05, 0.1) is 11.7 Å². The summed E-state index contributed by atoms with van der Waals surface area (Å²) in [4.78, 5) is 32.5. The van der Waals surface area contributed by atoms with Gasteiger partial charge in [0.25, 0.3) is 5.91 Å². The fraction of sp³-hybridized carbons (Fsp3) is 0.528. The Morgan fingerprint density at radius 1 is 1.08 bits per heavy atom. The Hall–Kier alpha value is -3.77. The van der Waals surface area contributed by atoms with Crippen molar-refractivity contribution in [3.05, 3.63) is 77.5 Å². The van der Waals surface area contributed by atoms with Crippen LogP contribution in [0.1, 0.15) is 70.8 Å². The van der Waals surface area contributed by atoms with Crippen molar-refractivity contribution in [2.75, 3.05) is 32.7 Å². The Kier molecular flexibility index (Phi) is 12.8. The number of aliphatic hydroxyl groups is 1. The van der Waals surface area contributed by atoms with Crippen molar-refractivity contribution in [1.82, 2.24) is 24.7 Å². The SMILES string of the molecule is C[C@H](O)C(=O)N(CC1CN(CCCCCCNC=O)CC1F)C(c1nc(-c2cc(F)ccc2F)cn1Cc1cccc(F)c1)C(C)(C)C. The van der Waals surface area contributed by atoms with Gasteiger partial charge in [-0.2, -0.15) is 0 Å². The lowest BCUT2D eigenvalue weighted by molar-refractivity contribution is -0.146. The number of aliphatic hydroxyl groups excluding tert-OH is 1. The molecule has 8 nitrogen and oxygen atoms in total. The number of benzene rings is 2. The molecule has 0 radical (unpaired) electrons. The zero-order valence-corrected chi connectivity index (χ0v) is 28.1. The Morgan fingerprint density at radius 2 is 1.81 bits per heavy atom. The zero-order valence-electron chi connectivity index (χ0n) is 28.1. The highest BCUT2D eigenvalue weighted by Gasteiger charge is 2.43. The summed E-state index contributed by atoms with van der Waals surface area (Å²) in [5.74, 6) is -2.62. The molecule has 2 heterocycles. The van der Waals surface area contributed by atoms with E-state index in [9.17, 15) is 23.5 Å². The molecule has 0 bridgehead atoms. The second-order valence-corrected chi connectivity index (χ2v) is 13.8. The smallest absolute Gasteiger partial charge is 0.251 e. The van der Waals surface area contributed by atoms with Crippen LogP contribution in [0.2, 0.25) is 0 Å². The highest BCUT2D eigenvalue weighted by molar-refractivity contribution is 5.80. The van der Waals surface area contributed by atoms with Gasteiger partial charge in [0.1, 0.15) is 35.6 Å². The van der Waals surface area contributed by atoms with Crippen molar-refractivity contribution >= 4 is 12.3 Å². The first-order valence-electron chi connectivity index (χ1n) is 16.6. The summed E-state index contributed by atoms with van der Waals surface area (Å²) in [6.45, 7) is 9.12. The van der Waals surface area contributed by atoms with Gasteiger partial charge in [-0.05, 0) is 67.6 Å². The maximum Gasteiger partial charge on any atom is 0.251 e. The van der Waals surface area contributed by atoms with E-state index in [1.807, 2.05) is 25.7 Å². The number of carbonyl (C=O) groups is 2. The molecule has 0 spiro atoms. The molecular formula is C36H47F4N5O3. The molecule has 48 heavy (non-hydrogen) atoms. The lowest BCUT2D eigenvalue weighted by atomic mass is 9.84. The van der Waals surface area contributed by atoms with Crippen molar-refractivity contribution in [3.63, 3.8) is 0 Å². The number of alkyl halides is 1. The minimum atomic E-state index is -1.40. The number of amides is 2. The molecule has 2 N–H and O–H groups in total. The normalized spacial score (nSPS) is 18.1. The molecule has 1 aliphatic rings. The predicted octanol–water partition coefficient (Wildman–Crippen LogP) is 5.89. The number of unbranched alkanes of at least 4 members (excludes halogenated alkanes) is 3. The number of likely N-dealkylation sites (tertiary alicyclic amines) is 1. The number of rotatable bonds is 16. The Balaban J connectivity index is 1.68. The summed E-state index contributed by atoms with van der Waals surface area (Å²) in [6, 6.07) is 8.20. The molecule has 0 aliphatic carbocycles. The fourth-order valence-corrected chi connectivity index (χ4v) is 6.49. The van der Waals surface area contributed by atoms with Crippen LogP contribution in [0.15, 0.2) is 48.7 Å². The third-order valence-corrected chi connectivity index (χ3v) is 8.77. The van der Waals surface area contributed by atoms with Crippen LogP contribution in [0, 0.1) is 28.8 Å². The third-order valence-electron chi connectivity index (χ3n) is 8.77. The summed E-state index contributed by atoms with van der Waals surface area (Å²) < 4.78 is 60.8. The van der Waals surface area contributed by atoms with Crippen LogP contribution >= 0.6 is 0 Å². The number of hydrogen-bond acceptors (Lipinski definition) is 5. The molecular weight excluding hydrogens is 626 g/mol. The van der Waals surface area contributed by atoms with Crippen LogP contribution in [-0.4, -0.2) is 81.8 Å². The van der Waals surface area contributed by atoms with E-state index in [0.29, 0.717) is 37.4 Å². The van der Waals surface area contributed by atoms with E-state index < -0.39 is 53.0 Å². The van der Waals surface area contributed by atoms with Gasteiger partial charge >= 0.3 is 0 Å². The van der Waals surface area contributed by atoms with Gasteiger partial charge < -0.3 is 19.9 Å². The van der Waals surface area contributed by atoms with Gasteiger partial charge in [0, 0.05) is 50.4 Å². The molecule has 262 valence electrons. The van der Waals surface area contributed by atoms with E-state index in [2.05, 4.69) is 5.32 Å². The molecule has 1 saturated heterocycles. The monoisotopic (exact) mass is 673 g/mol. The van der Waals surface area contributed by atoms with Gasteiger partial charge in [0.2, 0.25) is 6.41 Å². The van der Waals surface area contributed by atoms with Crippen molar-refractivity contribution in [2.24, 2.45) is 11.3 Å². The average Bonchev–Trinajstić information content (AvgIpc) is 3.58. The van der Waals surface area contributed by atoms with Gasteiger partial charge in [-0.3, -0.25) is 14.5 Å². The molecule has 3 unspecified atom stereocenters. The average molecular weight is 674 g/mol. The number of halogens is 4. The lowest BCUT2D eigenvalue weighted by Gasteiger charge is -2.41. The number of hydrogen-bond donors (Lipinski definition) is 2. The van der Waals surface area contributed by atoms with E-state index in [1.165, 1.54) is 24.0 Å². The molecule has 4 atom stereocenters. The standard InChI is InChI=1S/C36H47F4N5O3/c1-24(47)35(48)45(20-26-19-43(21-31(26)40)15-8-6-5-7-14-41-23-46)33(36(2,3)4)34-42-32(29-17-28(38)12-13-30(29)39)22-44(34)18-25-10-9-11-27(37)16-25/h9-13,16-17,22-24,26,31,33,47H,5-8,14-15,18-21H2,1-4H3,(H,41,46)/t24-,26?,31?,33?/m0/s1. The molecule has 1 aliphatic heterocycles. The topological polar surface area (TPSA) is 90.7 Å². The first kappa shape index (κ1) is 37.1. The lowest BCUT2D eigenvalue weighted by Crippen LogP contribution is -2.49. The molecule has 4 rings (SSSR count). The molecule has 0 saturated carbocycles. The highest BCUT2D eigenvalue weighted by atomic mass is 19.1. The molecule has 12 heteroatoms. The van der Waals surface area contributed by atoms with Crippen LogP contribution in [-0.2, 0) is 16.1 Å². The van der Waals surface area contributed by atoms with Crippen LogP contribution in [0.4, 0.5) is 17.6 Å². The van der Waals surface area contributed by atoms with Crippen molar-refractivity contribution < 1.29 is 32.3 Å². The maximum atomic E-state index is 15.6. The molecule has 1 aromatic heterocycles. The number of aromatic nitrogens is 2. The summed E-state index contributed by atoms with van der Waals surface area (Å²) in [6.07, 6.45) is 3.26. The Bertz CT molecular complexity index is 1530. The van der Waals surface area contributed by atoms with Gasteiger partial charge in [-0.15, -0.1) is 0 Å². The van der Waals surface area contributed by atoms with Crippen molar-refractivity contribution in [2.45, 2.75) is 78.2 Å². The van der Waals surface area contributed by atoms with E-state index in [-0.39, 0.29) is 30.9 Å². The van der Waals surface area contributed by atoms with Crippen LogP contribution in [0.3, 0.4) is 0 Å². The maximum absolute atomic E-state index is 15.6. The first-order valence-corrected chi connectivity index (χ1v) is 16.6. The van der Waals surface area contributed by atoms with Gasteiger partial charge in [0.15, 0.2) is 0 Å². The van der Waals surface area contributed by atoms with Crippen LogP contribution < -0.4 is 5.32 Å². The fourth-order valence-electron chi connectivity index (χ4n) is 6.49. The highest BCUT2D eigenvalue weighted by Crippen LogP contribution is 2.41. The summed E-state index contributed by atoms with van der Waals surface area (Å²) >= 11 is 0. The van der Waals surface area contributed by atoms with Gasteiger partial charge in [-0.25, -0.2) is 22.5 Å². The summed E-state index contributed by atoms with van der Waals surface area (Å²) in [5.41, 5.74) is -0.105. The van der Waals surface area contributed by atoms with Crippen molar-refractivity contribution in [1.29, 1.82) is 0 Å². The van der Waals surface area contributed by atoms with E-state index in [4.69, 9.17) is 4.98 Å². The van der Waals surface area contributed by atoms with E-state index >= 15 is 8.78 Å². The molecule has 3 aromatic rings. The number of carbonyl (C=O) groups excluding carboxylic acids is 2.